The van der Waals surface area contributed by atoms with E-state index in [1.807, 2.05) is 6.92 Å². The zero-order valence-corrected chi connectivity index (χ0v) is 9.84. The molecular formula is C14H17NO. The molecule has 0 saturated heterocycles. The van der Waals surface area contributed by atoms with Crippen molar-refractivity contribution in [1.29, 1.82) is 0 Å². The highest BCUT2D eigenvalue weighted by Crippen LogP contribution is 2.29. The largest absolute Gasteiger partial charge is 0.488 e. The molecule has 1 aromatic rings. The van der Waals surface area contributed by atoms with Gasteiger partial charge in [-0.25, -0.2) is 0 Å². The van der Waals surface area contributed by atoms with Crippen LogP contribution in [-0.4, -0.2) is 19.2 Å². The summed E-state index contributed by atoms with van der Waals surface area (Å²) in [4.78, 5) is 0. The molecule has 0 radical (unpaired) electrons. The maximum Gasteiger partial charge on any atom is 0.123 e. The number of aryl methyl sites for hydroxylation is 1. The van der Waals surface area contributed by atoms with Crippen molar-refractivity contribution in [2.24, 2.45) is 0 Å². The predicted molar refractivity (Wildman–Crippen MR) is 65.6 cm³/mol. The van der Waals surface area contributed by atoms with Crippen LogP contribution < -0.4 is 10.1 Å². The fourth-order valence-corrected chi connectivity index (χ4v) is 1.95. The van der Waals surface area contributed by atoms with E-state index in [-0.39, 0.29) is 6.10 Å². The lowest BCUT2D eigenvalue weighted by Gasteiger charge is -2.09. The molecule has 0 amide bonds. The smallest absolute Gasteiger partial charge is 0.123 e. The van der Waals surface area contributed by atoms with Gasteiger partial charge >= 0.3 is 0 Å². The summed E-state index contributed by atoms with van der Waals surface area (Å²) in [5, 5.41) is 3.28. The number of hydrogen-bond acceptors (Lipinski definition) is 2. The van der Waals surface area contributed by atoms with Crippen LogP contribution in [-0.2, 0) is 6.42 Å². The van der Waals surface area contributed by atoms with E-state index < -0.39 is 0 Å². The first-order chi connectivity index (χ1) is 7.79. The highest BCUT2D eigenvalue weighted by molar-refractivity contribution is 5.40. The number of benzene rings is 1. The Kier molecular flexibility index (Phi) is 3.48. The minimum Gasteiger partial charge on any atom is -0.488 e. The molecular weight excluding hydrogens is 198 g/mol. The molecule has 0 spiro atoms. The first kappa shape index (κ1) is 11.0. The topological polar surface area (TPSA) is 21.3 Å². The Labute approximate surface area is 97.0 Å². The first-order valence-corrected chi connectivity index (χ1v) is 5.66. The molecule has 1 heterocycles. The van der Waals surface area contributed by atoms with Gasteiger partial charge in [-0.05, 0) is 25.5 Å². The summed E-state index contributed by atoms with van der Waals surface area (Å²) in [7, 11) is 0. The molecule has 16 heavy (non-hydrogen) atoms. The van der Waals surface area contributed by atoms with E-state index >= 15 is 0 Å². The summed E-state index contributed by atoms with van der Waals surface area (Å²) < 4.78 is 5.83. The molecule has 1 aliphatic rings. The highest BCUT2D eigenvalue weighted by atomic mass is 16.5. The Morgan fingerprint density at radius 3 is 3.19 bits per heavy atom. The van der Waals surface area contributed by atoms with Crippen LogP contribution in [0.15, 0.2) is 18.2 Å². The molecule has 1 aliphatic heterocycles. The molecule has 1 unspecified atom stereocenters. The van der Waals surface area contributed by atoms with Crippen LogP contribution in [0.4, 0.5) is 0 Å². The van der Waals surface area contributed by atoms with Gasteiger partial charge in [0, 0.05) is 13.0 Å². The first-order valence-electron chi connectivity index (χ1n) is 5.66. The molecule has 0 saturated carbocycles. The van der Waals surface area contributed by atoms with Crippen LogP contribution in [0.1, 0.15) is 18.1 Å². The van der Waals surface area contributed by atoms with Gasteiger partial charge in [-0.1, -0.05) is 23.6 Å². The molecule has 84 valence electrons. The van der Waals surface area contributed by atoms with Crippen molar-refractivity contribution in [3.8, 4) is 17.6 Å². The molecule has 1 N–H and O–H groups in total. The Bertz CT molecular complexity index is 428. The zero-order valence-electron chi connectivity index (χ0n) is 9.84. The van der Waals surface area contributed by atoms with Gasteiger partial charge in [-0.3, -0.25) is 0 Å². The van der Waals surface area contributed by atoms with E-state index in [9.17, 15) is 0 Å². The van der Waals surface area contributed by atoms with Crippen molar-refractivity contribution < 1.29 is 4.74 Å². The van der Waals surface area contributed by atoms with Gasteiger partial charge in [0.2, 0.25) is 0 Å². The third-order valence-electron chi connectivity index (χ3n) is 2.72. The molecule has 0 aromatic heterocycles. The van der Waals surface area contributed by atoms with Gasteiger partial charge in [0.05, 0.1) is 6.54 Å². The highest BCUT2D eigenvalue weighted by Gasteiger charge is 2.21. The Balaban J connectivity index is 1.87. The number of hydrogen-bond donors (Lipinski definition) is 1. The van der Waals surface area contributed by atoms with Crippen LogP contribution in [0.2, 0.25) is 0 Å². The predicted octanol–water partition coefficient (Wildman–Crippen LogP) is 1.91. The lowest BCUT2D eigenvalue weighted by Crippen LogP contribution is -2.30. The second-order valence-electron chi connectivity index (χ2n) is 4.11. The Morgan fingerprint density at radius 1 is 1.50 bits per heavy atom. The Hall–Kier alpha value is -1.46. The van der Waals surface area contributed by atoms with Gasteiger partial charge < -0.3 is 10.1 Å². The summed E-state index contributed by atoms with van der Waals surface area (Å²) in [6.07, 6.45) is 1.26. The van der Waals surface area contributed by atoms with E-state index in [1.165, 1.54) is 11.1 Å². The summed E-state index contributed by atoms with van der Waals surface area (Å²) in [5.74, 6) is 6.89. The lowest BCUT2D eigenvalue weighted by molar-refractivity contribution is 0.230. The maximum absolute atomic E-state index is 5.83. The number of fused-ring (bicyclic) bond motifs is 1. The second kappa shape index (κ2) is 5.05. The monoisotopic (exact) mass is 215 g/mol. The molecule has 2 heteroatoms. The standard InChI is InChI=1S/C14H17NO/c1-3-4-7-15-10-13-9-12-8-11(2)5-6-14(12)16-13/h5-6,8,13,15H,7,9-10H2,1-2H3. The van der Waals surface area contributed by atoms with E-state index in [4.69, 9.17) is 4.74 Å². The number of rotatable bonds is 3. The third kappa shape index (κ3) is 2.56. The minimum atomic E-state index is 0.260. The molecule has 2 rings (SSSR count). The quantitative estimate of drug-likeness (QED) is 0.614. The molecule has 1 atom stereocenters. The number of nitrogens with one attached hydrogen (secondary N) is 1. The minimum absolute atomic E-state index is 0.260. The van der Waals surface area contributed by atoms with Crippen LogP contribution in [0.3, 0.4) is 0 Å². The van der Waals surface area contributed by atoms with Crippen molar-refractivity contribution in [3.63, 3.8) is 0 Å². The average molecular weight is 215 g/mol. The van der Waals surface area contributed by atoms with Crippen molar-refractivity contribution >= 4 is 0 Å². The molecule has 0 aliphatic carbocycles. The van der Waals surface area contributed by atoms with Crippen molar-refractivity contribution in [2.75, 3.05) is 13.1 Å². The summed E-state index contributed by atoms with van der Waals surface area (Å²) in [5.41, 5.74) is 2.63. The fraction of sp³-hybridized carbons (Fsp3) is 0.429. The summed E-state index contributed by atoms with van der Waals surface area (Å²) >= 11 is 0. The van der Waals surface area contributed by atoms with Gasteiger partial charge in [-0.15, -0.1) is 5.92 Å². The lowest BCUT2D eigenvalue weighted by atomic mass is 10.1. The van der Waals surface area contributed by atoms with Crippen LogP contribution in [0.25, 0.3) is 0 Å². The fourth-order valence-electron chi connectivity index (χ4n) is 1.95. The van der Waals surface area contributed by atoms with Crippen LogP contribution >= 0.6 is 0 Å². The molecule has 2 nitrogen and oxygen atoms in total. The summed E-state index contributed by atoms with van der Waals surface area (Å²) in [6.45, 7) is 5.57. The number of ether oxygens (including phenoxy) is 1. The third-order valence-corrected chi connectivity index (χ3v) is 2.72. The van der Waals surface area contributed by atoms with Crippen LogP contribution in [0, 0.1) is 18.8 Å². The van der Waals surface area contributed by atoms with Gasteiger partial charge in [0.1, 0.15) is 11.9 Å². The van der Waals surface area contributed by atoms with Crippen molar-refractivity contribution in [1.82, 2.24) is 5.32 Å². The van der Waals surface area contributed by atoms with Crippen molar-refractivity contribution in [3.05, 3.63) is 29.3 Å². The van der Waals surface area contributed by atoms with Gasteiger partial charge in [0.15, 0.2) is 0 Å². The maximum atomic E-state index is 5.83. The van der Waals surface area contributed by atoms with E-state index in [1.54, 1.807) is 0 Å². The van der Waals surface area contributed by atoms with Crippen molar-refractivity contribution in [2.45, 2.75) is 26.4 Å². The SMILES string of the molecule is CC#CCNCC1Cc2cc(C)ccc2O1. The average Bonchev–Trinajstić information content (AvgIpc) is 2.66. The zero-order chi connectivity index (χ0) is 11.4. The van der Waals surface area contributed by atoms with Gasteiger partial charge in [0.25, 0.3) is 0 Å². The van der Waals surface area contributed by atoms with E-state index in [2.05, 4.69) is 42.3 Å². The second-order valence-corrected chi connectivity index (χ2v) is 4.11. The molecule has 0 fully saturated rings. The Morgan fingerprint density at radius 2 is 2.38 bits per heavy atom. The molecule has 1 aromatic carbocycles. The molecule has 0 bridgehead atoms. The normalized spacial score (nSPS) is 17.2. The van der Waals surface area contributed by atoms with Crippen LogP contribution in [0.5, 0.6) is 5.75 Å². The van der Waals surface area contributed by atoms with E-state index in [0.29, 0.717) is 0 Å². The van der Waals surface area contributed by atoms with E-state index in [0.717, 1.165) is 25.3 Å². The van der Waals surface area contributed by atoms with Gasteiger partial charge in [-0.2, -0.15) is 0 Å². The summed E-state index contributed by atoms with van der Waals surface area (Å²) in [6, 6.07) is 6.37.